The van der Waals surface area contributed by atoms with Gasteiger partial charge in [0, 0.05) is 0 Å². The van der Waals surface area contributed by atoms with E-state index in [9.17, 15) is 0 Å². The van der Waals surface area contributed by atoms with Crippen LogP contribution in [0.5, 0.6) is 0 Å². The van der Waals surface area contributed by atoms with Crippen LogP contribution in [-0.4, -0.2) is 0 Å². The molecule has 14 heavy (non-hydrogen) atoms. The molecule has 0 amide bonds. The smallest absolute Gasteiger partial charge is 0.0191 e. The molecule has 0 heteroatoms. The molecule has 0 saturated heterocycles. The van der Waals surface area contributed by atoms with Crippen molar-refractivity contribution in [3.05, 3.63) is 48.1 Å². The van der Waals surface area contributed by atoms with E-state index in [0.717, 1.165) is 18.4 Å². The van der Waals surface area contributed by atoms with E-state index in [1.165, 1.54) is 12.0 Å². The minimum absolute atomic E-state index is 0.706. The third-order valence-corrected chi connectivity index (χ3v) is 2.96. The molecule has 0 nitrogen and oxygen atoms in total. The lowest BCUT2D eigenvalue weighted by Crippen LogP contribution is -2.04. The van der Waals surface area contributed by atoms with Gasteiger partial charge >= 0.3 is 0 Å². The van der Waals surface area contributed by atoms with Crippen LogP contribution in [0.2, 0.25) is 0 Å². The summed E-state index contributed by atoms with van der Waals surface area (Å²) in [7, 11) is 0. The van der Waals surface area contributed by atoms with Gasteiger partial charge in [0.1, 0.15) is 0 Å². The summed E-state index contributed by atoms with van der Waals surface area (Å²) in [5.41, 5.74) is 4.18. The molecule has 76 valence electrons. The Morgan fingerprint density at radius 2 is 2.36 bits per heavy atom. The Hall–Kier alpha value is -1.04. The lowest BCUT2D eigenvalue weighted by atomic mass is 9.85. The zero-order chi connectivity index (χ0) is 10.6. The second kappa shape index (κ2) is 4.99. The zero-order valence-electron chi connectivity index (χ0n) is 9.34. The lowest BCUT2D eigenvalue weighted by Gasteiger charge is -2.20. The van der Waals surface area contributed by atoms with Gasteiger partial charge < -0.3 is 0 Å². The third kappa shape index (κ3) is 2.73. The van der Waals surface area contributed by atoms with Gasteiger partial charge in [0.25, 0.3) is 0 Å². The van der Waals surface area contributed by atoms with Gasteiger partial charge in [-0.1, -0.05) is 55.0 Å². The summed E-state index contributed by atoms with van der Waals surface area (Å²) in [6.45, 7) is 12.2. The average molecular weight is 188 g/mol. The molecule has 0 N–H and O–H groups in total. The Kier molecular flexibility index (Phi) is 3.94. The topological polar surface area (TPSA) is 0 Å². The van der Waals surface area contributed by atoms with Crippen LogP contribution in [0.3, 0.4) is 0 Å². The summed E-state index contributed by atoms with van der Waals surface area (Å²) < 4.78 is 0. The maximum absolute atomic E-state index is 3.95. The largest absolute Gasteiger partial charge is 0.0988 e. The molecule has 0 aromatic heterocycles. The minimum atomic E-state index is 0.706. The summed E-state index contributed by atoms with van der Waals surface area (Å²) in [5.74, 6) is 0.706. The summed E-state index contributed by atoms with van der Waals surface area (Å²) in [5, 5.41) is 0. The van der Waals surface area contributed by atoms with Gasteiger partial charge in [-0.2, -0.15) is 0 Å². The second-order valence-electron chi connectivity index (χ2n) is 4.11. The summed E-state index contributed by atoms with van der Waals surface area (Å²) in [6.07, 6.45) is 9.75. The van der Waals surface area contributed by atoms with Crippen molar-refractivity contribution in [1.82, 2.24) is 0 Å². The SMILES string of the molecule is C=CC(=C)CCC1=C(C)C=CCC1C. The third-order valence-electron chi connectivity index (χ3n) is 2.96. The molecule has 0 aromatic rings. The Morgan fingerprint density at radius 3 is 2.93 bits per heavy atom. The minimum Gasteiger partial charge on any atom is -0.0988 e. The van der Waals surface area contributed by atoms with Crippen molar-refractivity contribution in [2.75, 3.05) is 0 Å². The maximum Gasteiger partial charge on any atom is -0.0191 e. The highest BCUT2D eigenvalue weighted by Gasteiger charge is 2.12. The van der Waals surface area contributed by atoms with Crippen LogP contribution >= 0.6 is 0 Å². The van der Waals surface area contributed by atoms with Gasteiger partial charge in [-0.3, -0.25) is 0 Å². The first-order chi connectivity index (χ1) is 6.65. The van der Waals surface area contributed by atoms with Crippen LogP contribution in [0, 0.1) is 5.92 Å². The van der Waals surface area contributed by atoms with Gasteiger partial charge in [-0.15, -0.1) is 0 Å². The van der Waals surface area contributed by atoms with Crippen molar-refractivity contribution < 1.29 is 0 Å². The molecular weight excluding hydrogens is 168 g/mol. The highest BCUT2D eigenvalue weighted by molar-refractivity contribution is 5.30. The predicted octanol–water partition coefficient (Wildman–Crippen LogP) is 4.42. The molecule has 1 aliphatic carbocycles. The molecular formula is C14H20. The van der Waals surface area contributed by atoms with Crippen molar-refractivity contribution in [3.63, 3.8) is 0 Å². The molecule has 0 heterocycles. The first-order valence-corrected chi connectivity index (χ1v) is 5.31. The van der Waals surface area contributed by atoms with Crippen LogP contribution < -0.4 is 0 Å². The molecule has 0 aromatic carbocycles. The van der Waals surface area contributed by atoms with Crippen LogP contribution in [0.25, 0.3) is 0 Å². The second-order valence-corrected chi connectivity index (χ2v) is 4.11. The predicted molar refractivity (Wildman–Crippen MR) is 64.2 cm³/mol. The van der Waals surface area contributed by atoms with Crippen LogP contribution in [0.4, 0.5) is 0 Å². The first-order valence-electron chi connectivity index (χ1n) is 5.31. The number of rotatable bonds is 4. The Labute approximate surface area is 87.7 Å². The van der Waals surface area contributed by atoms with Crippen molar-refractivity contribution in [3.8, 4) is 0 Å². The molecule has 0 saturated carbocycles. The molecule has 0 aliphatic heterocycles. The number of allylic oxidation sites excluding steroid dienone is 6. The molecule has 1 atom stereocenters. The van der Waals surface area contributed by atoms with Crippen molar-refractivity contribution in [2.24, 2.45) is 5.92 Å². The molecule has 1 rings (SSSR count). The fourth-order valence-corrected chi connectivity index (χ4v) is 1.93. The monoisotopic (exact) mass is 188 g/mol. The quantitative estimate of drug-likeness (QED) is 0.573. The molecule has 0 spiro atoms. The number of hydrogen-bond donors (Lipinski definition) is 0. The van der Waals surface area contributed by atoms with E-state index in [1.807, 2.05) is 6.08 Å². The van der Waals surface area contributed by atoms with Crippen LogP contribution in [-0.2, 0) is 0 Å². The molecule has 1 aliphatic rings. The summed E-state index contributed by atoms with van der Waals surface area (Å²) in [4.78, 5) is 0. The highest BCUT2D eigenvalue weighted by Crippen LogP contribution is 2.29. The molecule has 0 radical (unpaired) electrons. The van der Waals surface area contributed by atoms with Gasteiger partial charge in [0.05, 0.1) is 0 Å². The van der Waals surface area contributed by atoms with Crippen LogP contribution in [0.15, 0.2) is 48.1 Å². The normalized spacial score (nSPS) is 21.1. The fourth-order valence-electron chi connectivity index (χ4n) is 1.93. The Morgan fingerprint density at radius 1 is 1.64 bits per heavy atom. The summed E-state index contributed by atoms with van der Waals surface area (Å²) >= 11 is 0. The molecule has 0 fully saturated rings. The summed E-state index contributed by atoms with van der Waals surface area (Å²) in [6, 6.07) is 0. The highest BCUT2D eigenvalue weighted by atomic mass is 14.2. The molecule has 1 unspecified atom stereocenters. The van der Waals surface area contributed by atoms with Crippen LogP contribution in [0.1, 0.15) is 33.1 Å². The van der Waals surface area contributed by atoms with Gasteiger partial charge in [-0.25, -0.2) is 0 Å². The fraction of sp³-hybridized carbons (Fsp3) is 0.429. The van der Waals surface area contributed by atoms with Gasteiger partial charge in [0.2, 0.25) is 0 Å². The van der Waals surface area contributed by atoms with E-state index in [4.69, 9.17) is 0 Å². The Bertz CT molecular complexity index is 289. The van der Waals surface area contributed by atoms with E-state index in [2.05, 4.69) is 39.2 Å². The standard InChI is InChI=1S/C14H20/c1-5-11(2)9-10-14-12(3)7-6-8-13(14)4/h5-7,13H,1-2,8-10H2,3-4H3. The average Bonchev–Trinajstić information content (AvgIpc) is 2.16. The van der Waals surface area contributed by atoms with E-state index in [1.54, 1.807) is 5.57 Å². The van der Waals surface area contributed by atoms with Gasteiger partial charge in [0.15, 0.2) is 0 Å². The number of hydrogen-bond acceptors (Lipinski definition) is 0. The van der Waals surface area contributed by atoms with Crippen molar-refractivity contribution >= 4 is 0 Å². The van der Waals surface area contributed by atoms with E-state index in [0.29, 0.717) is 5.92 Å². The van der Waals surface area contributed by atoms with E-state index < -0.39 is 0 Å². The van der Waals surface area contributed by atoms with Crippen molar-refractivity contribution in [2.45, 2.75) is 33.1 Å². The van der Waals surface area contributed by atoms with Crippen molar-refractivity contribution in [1.29, 1.82) is 0 Å². The zero-order valence-corrected chi connectivity index (χ0v) is 9.34. The molecule has 0 bridgehead atoms. The van der Waals surface area contributed by atoms with E-state index >= 15 is 0 Å². The Balaban J connectivity index is 2.61. The van der Waals surface area contributed by atoms with E-state index in [-0.39, 0.29) is 0 Å². The maximum atomic E-state index is 3.95. The van der Waals surface area contributed by atoms with Gasteiger partial charge in [-0.05, 0) is 32.1 Å². The lowest BCUT2D eigenvalue weighted by molar-refractivity contribution is 0.638. The first kappa shape index (κ1) is 11.0.